The molecule has 0 bridgehead atoms. The Morgan fingerprint density at radius 2 is 2.16 bits per heavy atom. The van der Waals surface area contributed by atoms with Crippen molar-refractivity contribution in [2.75, 3.05) is 6.61 Å². The van der Waals surface area contributed by atoms with Crippen LogP contribution in [-0.4, -0.2) is 12.7 Å². The van der Waals surface area contributed by atoms with Crippen LogP contribution in [0.4, 0.5) is 0 Å². The minimum absolute atomic E-state index is 0.101. The highest BCUT2D eigenvalue weighted by Crippen LogP contribution is 2.39. The number of aryl methyl sites for hydroxylation is 1. The van der Waals surface area contributed by atoms with E-state index in [0.717, 1.165) is 13.0 Å². The minimum Gasteiger partial charge on any atom is -0.376 e. The van der Waals surface area contributed by atoms with Crippen molar-refractivity contribution in [2.24, 2.45) is 11.8 Å². The Morgan fingerprint density at radius 3 is 2.74 bits per heavy atom. The van der Waals surface area contributed by atoms with E-state index >= 15 is 0 Å². The molecule has 0 saturated heterocycles. The maximum atomic E-state index is 5.93. The molecular weight excluding hydrogens is 236 g/mol. The van der Waals surface area contributed by atoms with Crippen LogP contribution in [-0.2, 0) is 11.2 Å². The summed E-state index contributed by atoms with van der Waals surface area (Å²) in [4.78, 5) is 0. The zero-order chi connectivity index (χ0) is 13.7. The Labute approximate surface area is 116 Å². The van der Waals surface area contributed by atoms with E-state index in [1.54, 1.807) is 0 Å². The molecule has 19 heavy (non-hydrogen) atoms. The molecule has 0 amide bonds. The second kappa shape index (κ2) is 7.04. The molecule has 1 aliphatic rings. The van der Waals surface area contributed by atoms with E-state index in [2.05, 4.69) is 43.5 Å². The van der Waals surface area contributed by atoms with Gasteiger partial charge in [-0.15, -0.1) is 0 Å². The van der Waals surface area contributed by atoms with Gasteiger partial charge in [-0.25, -0.2) is 0 Å². The molecule has 1 aromatic rings. The smallest absolute Gasteiger partial charge is 0.0810 e. The van der Waals surface area contributed by atoms with Crippen molar-refractivity contribution in [2.45, 2.75) is 51.7 Å². The molecule has 2 unspecified atom stereocenters. The van der Waals surface area contributed by atoms with Crippen LogP contribution in [0, 0.1) is 5.92 Å². The van der Waals surface area contributed by atoms with E-state index in [-0.39, 0.29) is 12.1 Å². The Kier molecular flexibility index (Phi) is 5.37. The molecule has 2 atom stereocenters. The van der Waals surface area contributed by atoms with Crippen molar-refractivity contribution >= 4 is 0 Å². The van der Waals surface area contributed by atoms with Crippen molar-refractivity contribution < 1.29 is 4.74 Å². The van der Waals surface area contributed by atoms with Gasteiger partial charge in [0.25, 0.3) is 0 Å². The standard InChI is InChI=1S/C16H26N2O/c1-3-6-12-7-5-8-14(11-12)15(18-17)16(19-4-2)13-9-10-13/h5,7-8,11,13,15-16,18H,3-4,6,9-10,17H2,1-2H3. The molecular formula is C16H26N2O. The summed E-state index contributed by atoms with van der Waals surface area (Å²) in [5, 5.41) is 0. The summed E-state index contributed by atoms with van der Waals surface area (Å²) in [7, 11) is 0. The Hall–Kier alpha value is -0.900. The van der Waals surface area contributed by atoms with Crippen LogP contribution >= 0.6 is 0 Å². The van der Waals surface area contributed by atoms with Crippen LogP contribution in [0.3, 0.4) is 0 Å². The summed E-state index contributed by atoms with van der Waals surface area (Å²) in [5.41, 5.74) is 5.60. The topological polar surface area (TPSA) is 47.3 Å². The molecule has 3 N–H and O–H groups in total. The maximum Gasteiger partial charge on any atom is 0.0810 e. The Balaban J connectivity index is 2.16. The highest BCUT2D eigenvalue weighted by atomic mass is 16.5. The first-order valence-electron chi connectivity index (χ1n) is 7.46. The SMILES string of the molecule is CCCc1cccc(C(NN)C(OCC)C2CC2)c1. The van der Waals surface area contributed by atoms with Crippen LogP contribution in [0.2, 0.25) is 0 Å². The van der Waals surface area contributed by atoms with Gasteiger partial charge in [0.15, 0.2) is 0 Å². The third kappa shape index (κ3) is 3.78. The summed E-state index contributed by atoms with van der Waals surface area (Å²) >= 11 is 0. The van der Waals surface area contributed by atoms with Crippen molar-refractivity contribution in [1.29, 1.82) is 0 Å². The highest BCUT2D eigenvalue weighted by molar-refractivity contribution is 5.27. The molecule has 2 rings (SSSR count). The zero-order valence-electron chi connectivity index (χ0n) is 12.1. The van der Waals surface area contributed by atoms with Crippen LogP contribution in [0.15, 0.2) is 24.3 Å². The lowest BCUT2D eigenvalue weighted by molar-refractivity contribution is 0.0185. The third-order valence-corrected chi connectivity index (χ3v) is 3.80. The highest BCUT2D eigenvalue weighted by Gasteiger charge is 2.37. The van der Waals surface area contributed by atoms with Gasteiger partial charge < -0.3 is 4.74 Å². The maximum absolute atomic E-state index is 5.93. The second-order valence-electron chi connectivity index (χ2n) is 5.40. The molecule has 1 aromatic carbocycles. The number of hydrazine groups is 1. The molecule has 0 aromatic heterocycles. The minimum atomic E-state index is 0.101. The fraction of sp³-hybridized carbons (Fsp3) is 0.625. The van der Waals surface area contributed by atoms with Gasteiger partial charge in [0.05, 0.1) is 12.1 Å². The van der Waals surface area contributed by atoms with Crippen LogP contribution in [0.25, 0.3) is 0 Å². The number of rotatable bonds is 8. The van der Waals surface area contributed by atoms with E-state index in [1.165, 1.54) is 30.4 Å². The van der Waals surface area contributed by atoms with Gasteiger partial charge in [0.1, 0.15) is 0 Å². The van der Waals surface area contributed by atoms with Gasteiger partial charge >= 0.3 is 0 Å². The van der Waals surface area contributed by atoms with Gasteiger partial charge in [-0.3, -0.25) is 11.3 Å². The second-order valence-corrected chi connectivity index (χ2v) is 5.40. The molecule has 1 aliphatic carbocycles. The largest absolute Gasteiger partial charge is 0.376 e. The lowest BCUT2D eigenvalue weighted by Gasteiger charge is -2.27. The van der Waals surface area contributed by atoms with Crippen LogP contribution in [0.5, 0.6) is 0 Å². The number of nitrogens with two attached hydrogens (primary N) is 1. The third-order valence-electron chi connectivity index (χ3n) is 3.80. The molecule has 0 heterocycles. The van der Waals surface area contributed by atoms with Gasteiger partial charge in [-0.05, 0) is 43.2 Å². The fourth-order valence-electron chi connectivity index (χ4n) is 2.73. The van der Waals surface area contributed by atoms with Crippen molar-refractivity contribution in [3.05, 3.63) is 35.4 Å². The van der Waals surface area contributed by atoms with Crippen LogP contribution < -0.4 is 11.3 Å². The molecule has 3 nitrogen and oxygen atoms in total. The summed E-state index contributed by atoms with van der Waals surface area (Å²) < 4.78 is 5.93. The number of hydrogen-bond acceptors (Lipinski definition) is 3. The molecule has 0 radical (unpaired) electrons. The lowest BCUT2D eigenvalue weighted by Crippen LogP contribution is -2.39. The summed E-state index contributed by atoms with van der Waals surface area (Å²) in [6, 6.07) is 8.83. The van der Waals surface area contributed by atoms with E-state index in [0.29, 0.717) is 5.92 Å². The Bertz CT molecular complexity index is 390. The molecule has 1 saturated carbocycles. The molecule has 3 heteroatoms. The quantitative estimate of drug-likeness (QED) is 0.559. The monoisotopic (exact) mass is 262 g/mol. The van der Waals surface area contributed by atoms with Crippen LogP contribution in [0.1, 0.15) is 50.3 Å². The van der Waals surface area contributed by atoms with Crippen molar-refractivity contribution in [3.8, 4) is 0 Å². The summed E-state index contributed by atoms with van der Waals surface area (Å²) in [6.45, 7) is 5.00. The number of hydrogen-bond donors (Lipinski definition) is 2. The zero-order valence-corrected chi connectivity index (χ0v) is 12.1. The Morgan fingerprint density at radius 1 is 1.37 bits per heavy atom. The molecule has 0 aliphatic heterocycles. The molecule has 0 spiro atoms. The lowest BCUT2D eigenvalue weighted by atomic mass is 9.96. The first-order valence-corrected chi connectivity index (χ1v) is 7.46. The number of benzene rings is 1. The average Bonchev–Trinajstić information content (AvgIpc) is 3.24. The van der Waals surface area contributed by atoms with Gasteiger partial charge in [0.2, 0.25) is 0 Å². The first-order chi connectivity index (χ1) is 9.30. The van der Waals surface area contributed by atoms with Crippen molar-refractivity contribution in [1.82, 2.24) is 5.43 Å². The molecule has 1 fully saturated rings. The van der Waals surface area contributed by atoms with E-state index < -0.39 is 0 Å². The van der Waals surface area contributed by atoms with Crippen molar-refractivity contribution in [3.63, 3.8) is 0 Å². The van der Waals surface area contributed by atoms with Gasteiger partial charge in [-0.1, -0.05) is 37.6 Å². The average molecular weight is 262 g/mol. The summed E-state index contributed by atoms with van der Waals surface area (Å²) in [5.74, 6) is 6.46. The predicted octanol–water partition coefficient (Wildman–Crippen LogP) is 2.96. The summed E-state index contributed by atoms with van der Waals surface area (Å²) in [6.07, 6.45) is 5.01. The normalized spacial score (nSPS) is 18.3. The molecule has 106 valence electrons. The number of ether oxygens (including phenoxy) is 1. The first kappa shape index (κ1) is 14.5. The number of nitrogens with one attached hydrogen (secondary N) is 1. The van der Waals surface area contributed by atoms with E-state index in [1.807, 2.05) is 0 Å². The van der Waals surface area contributed by atoms with E-state index in [9.17, 15) is 0 Å². The van der Waals surface area contributed by atoms with E-state index in [4.69, 9.17) is 10.6 Å². The predicted molar refractivity (Wildman–Crippen MR) is 78.6 cm³/mol. The fourth-order valence-corrected chi connectivity index (χ4v) is 2.73. The van der Waals surface area contributed by atoms with Gasteiger partial charge in [-0.2, -0.15) is 0 Å². The van der Waals surface area contributed by atoms with Gasteiger partial charge in [0, 0.05) is 6.61 Å².